The third-order valence-corrected chi connectivity index (χ3v) is 5.17. The Morgan fingerprint density at radius 2 is 1.88 bits per heavy atom. The molecular weight excluding hydrogens is 370 g/mol. The van der Waals surface area contributed by atoms with Crippen LogP contribution < -0.4 is 10.6 Å². The molecule has 0 fully saturated rings. The SMILES string of the molecule is O=C(NCCNC(=O)c1ccccc1SCc1cscn1)c1ccco1. The Balaban J connectivity index is 1.49. The number of carbonyl (C=O) groups excluding carboxylic acids is 2. The quantitative estimate of drug-likeness (QED) is 0.458. The van der Waals surface area contributed by atoms with Crippen molar-refractivity contribution >= 4 is 34.9 Å². The average molecular weight is 387 g/mol. The topological polar surface area (TPSA) is 84.2 Å². The molecule has 3 aromatic rings. The zero-order valence-electron chi connectivity index (χ0n) is 13.8. The van der Waals surface area contributed by atoms with Crippen LogP contribution >= 0.6 is 23.1 Å². The monoisotopic (exact) mass is 387 g/mol. The van der Waals surface area contributed by atoms with E-state index in [0.29, 0.717) is 24.4 Å². The fourth-order valence-corrected chi connectivity index (χ4v) is 3.80. The van der Waals surface area contributed by atoms with Crippen molar-refractivity contribution < 1.29 is 14.0 Å². The number of hydrogen-bond donors (Lipinski definition) is 2. The maximum Gasteiger partial charge on any atom is 0.287 e. The molecule has 2 heterocycles. The van der Waals surface area contributed by atoms with Gasteiger partial charge in [0.2, 0.25) is 0 Å². The summed E-state index contributed by atoms with van der Waals surface area (Å²) in [4.78, 5) is 29.3. The van der Waals surface area contributed by atoms with Gasteiger partial charge in [-0.15, -0.1) is 23.1 Å². The number of aromatic nitrogens is 1. The number of carbonyl (C=O) groups is 2. The van der Waals surface area contributed by atoms with E-state index in [1.807, 2.05) is 23.6 Å². The number of nitrogens with zero attached hydrogens (tertiary/aromatic N) is 1. The van der Waals surface area contributed by atoms with Crippen LogP contribution in [0.25, 0.3) is 0 Å². The number of hydrogen-bond acceptors (Lipinski definition) is 6. The molecule has 0 atom stereocenters. The molecular formula is C18H17N3O3S2. The highest BCUT2D eigenvalue weighted by atomic mass is 32.2. The van der Waals surface area contributed by atoms with Crippen LogP contribution in [-0.4, -0.2) is 29.9 Å². The molecule has 0 saturated carbocycles. The van der Waals surface area contributed by atoms with Gasteiger partial charge in [0.15, 0.2) is 5.76 Å². The summed E-state index contributed by atoms with van der Waals surface area (Å²) in [6, 6.07) is 10.7. The molecule has 2 aromatic heterocycles. The standard InChI is InChI=1S/C18H17N3O3S2/c22-17(19-7-8-20-18(23)15-5-3-9-24-15)14-4-1-2-6-16(14)26-11-13-10-25-12-21-13/h1-6,9-10,12H,7-8,11H2,(H,19,22)(H,20,23). The Hall–Kier alpha value is -2.58. The van der Waals surface area contributed by atoms with E-state index in [9.17, 15) is 9.59 Å². The first-order valence-corrected chi connectivity index (χ1v) is 9.85. The largest absolute Gasteiger partial charge is 0.459 e. The van der Waals surface area contributed by atoms with Gasteiger partial charge in [0.1, 0.15) is 0 Å². The normalized spacial score (nSPS) is 10.5. The second kappa shape index (κ2) is 9.21. The molecule has 0 unspecified atom stereocenters. The summed E-state index contributed by atoms with van der Waals surface area (Å²) >= 11 is 3.13. The highest BCUT2D eigenvalue weighted by Gasteiger charge is 2.12. The lowest BCUT2D eigenvalue weighted by Gasteiger charge is -2.10. The number of thiazole rings is 1. The van der Waals surface area contributed by atoms with E-state index in [4.69, 9.17) is 4.42 Å². The second-order valence-electron chi connectivity index (χ2n) is 5.25. The molecule has 0 spiro atoms. The summed E-state index contributed by atoms with van der Waals surface area (Å²) in [5, 5.41) is 7.51. The molecule has 26 heavy (non-hydrogen) atoms. The van der Waals surface area contributed by atoms with Gasteiger partial charge in [0, 0.05) is 29.1 Å². The number of furan rings is 1. The Morgan fingerprint density at radius 3 is 2.62 bits per heavy atom. The lowest BCUT2D eigenvalue weighted by atomic mass is 10.2. The van der Waals surface area contributed by atoms with Crippen LogP contribution in [0.2, 0.25) is 0 Å². The van der Waals surface area contributed by atoms with Gasteiger partial charge in [0.05, 0.1) is 23.0 Å². The van der Waals surface area contributed by atoms with Crippen molar-refractivity contribution in [1.29, 1.82) is 0 Å². The molecule has 0 saturated heterocycles. The minimum absolute atomic E-state index is 0.168. The van der Waals surface area contributed by atoms with Crippen molar-refractivity contribution in [1.82, 2.24) is 15.6 Å². The average Bonchev–Trinajstić information content (AvgIpc) is 3.37. The van der Waals surface area contributed by atoms with E-state index in [-0.39, 0.29) is 17.6 Å². The Labute approximate surface area is 159 Å². The predicted octanol–water partition coefficient (Wildman–Crippen LogP) is 3.19. The second-order valence-corrected chi connectivity index (χ2v) is 6.99. The lowest BCUT2D eigenvalue weighted by molar-refractivity contribution is 0.0910. The molecule has 3 rings (SSSR count). The van der Waals surface area contributed by atoms with Crippen LogP contribution in [0.15, 0.2) is 62.9 Å². The smallest absolute Gasteiger partial charge is 0.287 e. The summed E-state index contributed by atoms with van der Waals surface area (Å²) in [5.41, 5.74) is 3.41. The van der Waals surface area contributed by atoms with Crippen LogP contribution in [0.5, 0.6) is 0 Å². The molecule has 0 aliphatic rings. The van der Waals surface area contributed by atoms with E-state index in [1.54, 1.807) is 46.8 Å². The number of amides is 2. The summed E-state index contributed by atoms with van der Waals surface area (Å²) in [6.45, 7) is 0.649. The molecule has 0 aliphatic carbocycles. The van der Waals surface area contributed by atoms with E-state index < -0.39 is 0 Å². The molecule has 1 aromatic carbocycles. The van der Waals surface area contributed by atoms with Gasteiger partial charge in [-0.05, 0) is 24.3 Å². The first-order chi connectivity index (χ1) is 12.7. The Bertz CT molecular complexity index is 848. The fourth-order valence-electron chi connectivity index (χ4n) is 2.18. The van der Waals surface area contributed by atoms with Crippen LogP contribution in [0.4, 0.5) is 0 Å². The maximum absolute atomic E-state index is 12.4. The molecule has 2 N–H and O–H groups in total. The highest BCUT2D eigenvalue weighted by Crippen LogP contribution is 2.26. The summed E-state index contributed by atoms with van der Waals surface area (Å²) in [7, 11) is 0. The van der Waals surface area contributed by atoms with Crippen LogP contribution in [0.1, 0.15) is 26.6 Å². The Kier molecular flexibility index (Phi) is 6.45. The van der Waals surface area contributed by atoms with Gasteiger partial charge in [-0.3, -0.25) is 9.59 Å². The van der Waals surface area contributed by atoms with Gasteiger partial charge >= 0.3 is 0 Å². The van der Waals surface area contributed by atoms with Crippen molar-refractivity contribution in [2.75, 3.05) is 13.1 Å². The molecule has 8 heteroatoms. The van der Waals surface area contributed by atoms with Crippen LogP contribution in [-0.2, 0) is 5.75 Å². The minimum atomic E-state index is -0.302. The number of nitrogens with one attached hydrogen (secondary N) is 2. The Morgan fingerprint density at radius 1 is 1.08 bits per heavy atom. The first kappa shape index (κ1) is 18.2. The third kappa shape index (κ3) is 4.96. The van der Waals surface area contributed by atoms with E-state index >= 15 is 0 Å². The predicted molar refractivity (Wildman–Crippen MR) is 101 cm³/mol. The van der Waals surface area contributed by atoms with Crippen molar-refractivity contribution in [3.63, 3.8) is 0 Å². The summed E-state index contributed by atoms with van der Waals surface area (Å²) in [6.07, 6.45) is 1.44. The number of thioether (sulfide) groups is 1. The van der Waals surface area contributed by atoms with Gasteiger partial charge in [-0.2, -0.15) is 0 Å². The van der Waals surface area contributed by atoms with Gasteiger partial charge in [-0.1, -0.05) is 12.1 Å². The number of rotatable bonds is 8. The zero-order valence-corrected chi connectivity index (χ0v) is 15.4. The van der Waals surface area contributed by atoms with Crippen molar-refractivity contribution in [2.24, 2.45) is 0 Å². The van der Waals surface area contributed by atoms with Gasteiger partial charge in [0.25, 0.3) is 11.8 Å². The van der Waals surface area contributed by atoms with Crippen molar-refractivity contribution in [2.45, 2.75) is 10.6 Å². The van der Waals surface area contributed by atoms with Crippen molar-refractivity contribution in [3.8, 4) is 0 Å². The summed E-state index contributed by atoms with van der Waals surface area (Å²) < 4.78 is 5.01. The molecule has 2 amide bonds. The minimum Gasteiger partial charge on any atom is -0.459 e. The molecule has 0 radical (unpaired) electrons. The molecule has 0 bridgehead atoms. The highest BCUT2D eigenvalue weighted by molar-refractivity contribution is 7.98. The number of benzene rings is 1. The summed E-state index contributed by atoms with van der Waals surface area (Å²) in [5.74, 6) is 0.495. The molecule has 0 aliphatic heterocycles. The third-order valence-electron chi connectivity index (χ3n) is 3.43. The lowest BCUT2D eigenvalue weighted by Crippen LogP contribution is -2.34. The zero-order chi connectivity index (χ0) is 18.2. The van der Waals surface area contributed by atoms with E-state index in [2.05, 4.69) is 15.6 Å². The van der Waals surface area contributed by atoms with E-state index in [0.717, 1.165) is 10.6 Å². The maximum atomic E-state index is 12.4. The fraction of sp³-hybridized carbons (Fsp3) is 0.167. The van der Waals surface area contributed by atoms with Gasteiger partial charge in [-0.25, -0.2) is 4.98 Å². The molecule has 134 valence electrons. The van der Waals surface area contributed by atoms with Crippen LogP contribution in [0, 0.1) is 0 Å². The van der Waals surface area contributed by atoms with E-state index in [1.165, 1.54) is 6.26 Å². The van der Waals surface area contributed by atoms with Crippen molar-refractivity contribution in [3.05, 3.63) is 70.6 Å². The first-order valence-electron chi connectivity index (χ1n) is 7.93. The molecule has 6 nitrogen and oxygen atoms in total. The van der Waals surface area contributed by atoms with Gasteiger partial charge < -0.3 is 15.1 Å². The van der Waals surface area contributed by atoms with Crippen LogP contribution in [0.3, 0.4) is 0 Å².